The van der Waals surface area contributed by atoms with Gasteiger partial charge in [0.1, 0.15) is 11.5 Å². The smallest absolute Gasteiger partial charge is 0.251 e. The van der Waals surface area contributed by atoms with Crippen LogP contribution in [-0.2, 0) is 9.59 Å². The van der Waals surface area contributed by atoms with Gasteiger partial charge in [-0.1, -0.05) is 24.3 Å². The molecule has 32 heavy (non-hydrogen) atoms. The number of nitrogens with one attached hydrogen (secondary N) is 2. The number of amides is 3. The molecule has 0 atom stereocenters. The number of ether oxygens (including phenoxy) is 1. The van der Waals surface area contributed by atoms with Crippen LogP contribution in [0.25, 0.3) is 0 Å². The van der Waals surface area contributed by atoms with Gasteiger partial charge in [-0.2, -0.15) is 0 Å². The lowest BCUT2D eigenvalue weighted by Gasteiger charge is -2.16. The van der Waals surface area contributed by atoms with E-state index in [4.69, 9.17) is 4.74 Å². The van der Waals surface area contributed by atoms with Gasteiger partial charge in [0.05, 0.1) is 6.54 Å². The first-order valence-corrected chi connectivity index (χ1v) is 10.4. The van der Waals surface area contributed by atoms with Crippen molar-refractivity contribution in [1.29, 1.82) is 0 Å². The van der Waals surface area contributed by atoms with Crippen LogP contribution in [0.1, 0.15) is 23.2 Å². The maximum atomic E-state index is 12.4. The number of para-hydroxylation sites is 1. The number of anilines is 2. The molecular formula is C25H23N3O4. The molecule has 0 radical (unpaired) electrons. The molecule has 3 amide bonds. The van der Waals surface area contributed by atoms with E-state index in [0.717, 1.165) is 12.1 Å². The first-order chi connectivity index (χ1) is 15.6. The van der Waals surface area contributed by atoms with E-state index >= 15 is 0 Å². The second-order valence-electron chi connectivity index (χ2n) is 7.37. The Kier molecular flexibility index (Phi) is 6.46. The third-order valence-corrected chi connectivity index (χ3v) is 5.02. The van der Waals surface area contributed by atoms with Crippen molar-refractivity contribution in [3.63, 3.8) is 0 Å². The van der Waals surface area contributed by atoms with Crippen LogP contribution in [0.4, 0.5) is 11.4 Å². The average molecular weight is 429 g/mol. The second kappa shape index (κ2) is 9.78. The topological polar surface area (TPSA) is 87.7 Å². The van der Waals surface area contributed by atoms with Crippen molar-refractivity contribution in [2.45, 2.75) is 12.8 Å². The van der Waals surface area contributed by atoms with Crippen molar-refractivity contribution in [3.05, 3.63) is 84.4 Å². The van der Waals surface area contributed by atoms with Gasteiger partial charge in [0.2, 0.25) is 11.8 Å². The van der Waals surface area contributed by atoms with Crippen LogP contribution < -0.4 is 20.3 Å². The van der Waals surface area contributed by atoms with Crippen LogP contribution in [0.5, 0.6) is 11.5 Å². The van der Waals surface area contributed by atoms with Gasteiger partial charge in [0.15, 0.2) is 0 Å². The van der Waals surface area contributed by atoms with Crippen molar-refractivity contribution >= 4 is 29.1 Å². The van der Waals surface area contributed by atoms with Gasteiger partial charge in [-0.15, -0.1) is 0 Å². The van der Waals surface area contributed by atoms with Gasteiger partial charge in [-0.3, -0.25) is 14.4 Å². The lowest BCUT2D eigenvalue weighted by Crippen LogP contribution is -2.32. The molecular weight excluding hydrogens is 406 g/mol. The fraction of sp³-hybridized carbons (Fsp3) is 0.160. The van der Waals surface area contributed by atoms with Crippen LogP contribution in [0.2, 0.25) is 0 Å². The molecule has 7 nitrogen and oxygen atoms in total. The van der Waals surface area contributed by atoms with E-state index in [1.165, 1.54) is 0 Å². The lowest BCUT2D eigenvalue weighted by molar-refractivity contribution is -0.117. The molecule has 3 aromatic rings. The Labute approximate surface area is 186 Å². The quantitative estimate of drug-likeness (QED) is 0.595. The Morgan fingerprint density at radius 3 is 2.38 bits per heavy atom. The van der Waals surface area contributed by atoms with Crippen molar-refractivity contribution in [2.24, 2.45) is 0 Å². The summed E-state index contributed by atoms with van der Waals surface area (Å²) in [6.07, 6.45) is 1.38. The van der Waals surface area contributed by atoms with Crippen molar-refractivity contribution in [3.8, 4) is 11.5 Å². The van der Waals surface area contributed by atoms with Gasteiger partial charge < -0.3 is 20.3 Å². The fourth-order valence-electron chi connectivity index (χ4n) is 3.44. The molecule has 1 fully saturated rings. The predicted octanol–water partition coefficient (Wildman–Crippen LogP) is 3.97. The summed E-state index contributed by atoms with van der Waals surface area (Å²) in [5.74, 6) is 0.692. The van der Waals surface area contributed by atoms with Crippen molar-refractivity contribution < 1.29 is 19.1 Å². The number of carbonyl (C=O) groups excluding carboxylic acids is 3. The monoisotopic (exact) mass is 429 g/mol. The van der Waals surface area contributed by atoms with E-state index < -0.39 is 0 Å². The van der Waals surface area contributed by atoms with Crippen LogP contribution in [-0.4, -0.2) is 30.8 Å². The largest absolute Gasteiger partial charge is 0.457 e. The van der Waals surface area contributed by atoms with Crippen molar-refractivity contribution in [1.82, 2.24) is 5.32 Å². The summed E-state index contributed by atoms with van der Waals surface area (Å²) in [6, 6.07) is 23.2. The minimum atomic E-state index is -0.358. The second-order valence-corrected chi connectivity index (χ2v) is 7.37. The summed E-state index contributed by atoms with van der Waals surface area (Å²) in [5.41, 5.74) is 1.75. The molecule has 1 aliphatic rings. The zero-order valence-corrected chi connectivity index (χ0v) is 17.4. The number of carbonyl (C=O) groups is 3. The summed E-state index contributed by atoms with van der Waals surface area (Å²) in [6.45, 7) is 0.509. The van der Waals surface area contributed by atoms with Gasteiger partial charge in [0.25, 0.3) is 5.91 Å². The van der Waals surface area contributed by atoms with E-state index in [1.54, 1.807) is 47.4 Å². The minimum absolute atomic E-state index is 0.0842. The Morgan fingerprint density at radius 1 is 0.906 bits per heavy atom. The highest BCUT2D eigenvalue weighted by Gasteiger charge is 2.21. The van der Waals surface area contributed by atoms with Crippen molar-refractivity contribution in [2.75, 3.05) is 23.3 Å². The number of nitrogens with zero attached hydrogens (tertiary/aromatic N) is 1. The molecule has 7 heteroatoms. The van der Waals surface area contributed by atoms with Crippen LogP contribution in [0, 0.1) is 0 Å². The molecule has 1 saturated heterocycles. The maximum absolute atomic E-state index is 12.4. The maximum Gasteiger partial charge on any atom is 0.251 e. The number of benzene rings is 3. The highest BCUT2D eigenvalue weighted by atomic mass is 16.5. The molecule has 0 aromatic heterocycles. The summed E-state index contributed by atoms with van der Waals surface area (Å²) in [7, 11) is 0. The molecule has 2 N–H and O–H groups in total. The SMILES string of the molecule is O=C(CNC(=O)c1ccc(Oc2ccccc2)cc1)Nc1cccc(N2CCCC2=O)c1. The molecule has 0 spiro atoms. The Morgan fingerprint density at radius 2 is 1.66 bits per heavy atom. The Balaban J connectivity index is 1.28. The van der Waals surface area contributed by atoms with E-state index in [-0.39, 0.29) is 24.3 Å². The zero-order valence-electron chi connectivity index (χ0n) is 17.4. The Bertz CT molecular complexity index is 1110. The third-order valence-electron chi connectivity index (χ3n) is 5.02. The highest BCUT2D eigenvalue weighted by molar-refractivity contribution is 6.00. The summed E-state index contributed by atoms with van der Waals surface area (Å²) >= 11 is 0. The number of rotatable bonds is 7. The zero-order chi connectivity index (χ0) is 22.3. The number of hydrogen-bond acceptors (Lipinski definition) is 4. The summed E-state index contributed by atoms with van der Waals surface area (Å²) in [4.78, 5) is 38.3. The molecule has 4 rings (SSSR count). The molecule has 3 aromatic carbocycles. The first-order valence-electron chi connectivity index (χ1n) is 10.4. The first kappa shape index (κ1) is 21.1. The highest BCUT2D eigenvalue weighted by Crippen LogP contribution is 2.24. The van der Waals surface area contributed by atoms with Crippen LogP contribution in [0.3, 0.4) is 0 Å². The summed E-state index contributed by atoms with van der Waals surface area (Å²) < 4.78 is 5.71. The van der Waals surface area contributed by atoms with E-state index in [1.807, 2.05) is 36.4 Å². The van der Waals surface area contributed by atoms with Gasteiger partial charge in [-0.05, 0) is 61.0 Å². The number of hydrogen-bond donors (Lipinski definition) is 2. The van der Waals surface area contributed by atoms with E-state index in [2.05, 4.69) is 10.6 Å². The summed E-state index contributed by atoms with van der Waals surface area (Å²) in [5, 5.41) is 5.36. The normalized spacial score (nSPS) is 13.0. The van der Waals surface area contributed by atoms with Crippen LogP contribution in [0.15, 0.2) is 78.9 Å². The predicted molar refractivity (Wildman–Crippen MR) is 122 cm³/mol. The Hall–Kier alpha value is -4.13. The van der Waals surface area contributed by atoms with E-state index in [0.29, 0.717) is 35.7 Å². The van der Waals surface area contributed by atoms with E-state index in [9.17, 15) is 14.4 Å². The third kappa shape index (κ3) is 5.31. The van der Waals surface area contributed by atoms with Crippen LogP contribution >= 0.6 is 0 Å². The molecule has 0 unspecified atom stereocenters. The molecule has 0 saturated carbocycles. The lowest BCUT2D eigenvalue weighted by atomic mass is 10.2. The fourth-order valence-corrected chi connectivity index (χ4v) is 3.44. The molecule has 1 aliphatic heterocycles. The minimum Gasteiger partial charge on any atom is -0.457 e. The van der Waals surface area contributed by atoms with Gasteiger partial charge in [0, 0.05) is 29.9 Å². The van der Waals surface area contributed by atoms with Gasteiger partial charge in [-0.25, -0.2) is 0 Å². The molecule has 0 aliphatic carbocycles. The average Bonchev–Trinajstić information content (AvgIpc) is 3.25. The molecule has 1 heterocycles. The standard InChI is InChI=1S/C25H23N3O4/c29-23(27-19-6-4-7-20(16-19)28-15-5-10-24(28)30)17-26-25(31)18-11-13-22(14-12-18)32-21-8-2-1-3-9-21/h1-4,6-9,11-14,16H,5,10,15,17H2,(H,26,31)(H,27,29). The van der Waals surface area contributed by atoms with Gasteiger partial charge >= 0.3 is 0 Å². The molecule has 0 bridgehead atoms. The molecule has 162 valence electrons.